The zero-order chi connectivity index (χ0) is 19.3. The summed E-state index contributed by atoms with van der Waals surface area (Å²) in [6.07, 6.45) is 4.93. The number of alkyl halides is 2. The number of rotatable bonds is 5. The van der Waals surface area contributed by atoms with Crippen LogP contribution in [0.3, 0.4) is 0 Å². The van der Waals surface area contributed by atoms with Gasteiger partial charge in [-0.25, -0.2) is 4.79 Å². The molecule has 1 fully saturated rings. The van der Waals surface area contributed by atoms with Crippen LogP contribution < -0.4 is 4.74 Å². The molecule has 26 heavy (non-hydrogen) atoms. The molecule has 1 aliphatic carbocycles. The van der Waals surface area contributed by atoms with Crippen LogP contribution in [0.4, 0.5) is 13.6 Å². The van der Waals surface area contributed by atoms with E-state index in [-0.39, 0.29) is 17.9 Å². The SMILES string of the molecule is CC(C)(C)OC(=O)N(Cc1ccc(OC(F)F)c(Br)c1)C1CCCCC1. The summed E-state index contributed by atoms with van der Waals surface area (Å²) >= 11 is 3.25. The van der Waals surface area contributed by atoms with Gasteiger partial charge in [0.05, 0.1) is 4.47 Å². The van der Waals surface area contributed by atoms with E-state index in [1.165, 1.54) is 12.5 Å². The Labute approximate surface area is 162 Å². The molecule has 1 saturated carbocycles. The van der Waals surface area contributed by atoms with Crippen LogP contribution in [0.2, 0.25) is 0 Å². The first-order chi connectivity index (χ1) is 12.2. The highest BCUT2D eigenvalue weighted by Crippen LogP contribution is 2.30. The average Bonchev–Trinajstić information content (AvgIpc) is 2.54. The van der Waals surface area contributed by atoms with Crippen molar-refractivity contribution >= 4 is 22.0 Å². The molecule has 0 atom stereocenters. The first kappa shape index (κ1) is 20.9. The Bertz CT molecular complexity index is 613. The highest BCUT2D eigenvalue weighted by molar-refractivity contribution is 9.10. The number of hydrogen-bond acceptors (Lipinski definition) is 3. The number of nitrogens with zero attached hydrogens (tertiary/aromatic N) is 1. The largest absolute Gasteiger partial charge is 0.444 e. The van der Waals surface area contributed by atoms with Gasteiger partial charge in [0.1, 0.15) is 11.4 Å². The van der Waals surface area contributed by atoms with Gasteiger partial charge in [0, 0.05) is 12.6 Å². The molecular formula is C19H26BrF2NO3. The molecule has 0 aromatic heterocycles. The van der Waals surface area contributed by atoms with E-state index in [0.29, 0.717) is 11.0 Å². The van der Waals surface area contributed by atoms with E-state index < -0.39 is 12.2 Å². The highest BCUT2D eigenvalue weighted by atomic mass is 79.9. The van der Waals surface area contributed by atoms with Gasteiger partial charge in [0.2, 0.25) is 0 Å². The number of halogens is 3. The van der Waals surface area contributed by atoms with E-state index in [1.807, 2.05) is 20.8 Å². The number of hydrogen-bond donors (Lipinski definition) is 0. The summed E-state index contributed by atoms with van der Waals surface area (Å²) in [5, 5.41) is 0. The van der Waals surface area contributed by atoms with Gasteiger partial charge in [0.25, 0.3) is 0 Å². The van der Waals surface area contributed by atoms with Crippen molar-refractivity contribution in [3.63, 3.8) is 0 Å². The molecule has 0 unspecified atom stereocenters. The summed E-state index contributed by atoms with van der Waals surface area (Å²) in [6.45, 7) is 3.02. The maximum absolute atomic E-state index is 12.7. The molecule has 146 valence electrons. The monoisotopic (exact) mass is 433 g/mol. The van der Waals surface area contributed by atoms with Crippen LogP contribution in [0, 0.1) is 0 Å². The lowest BCUT2D eigenvalue weighted by Gasteiger charge is -2.35. The summed E-state index contributed by atoms with van der Waals surface area (Å²) in [7, 11) is 0. The van der Waals surface area contributed by atoms with Crippen LogP contribution in [-0.4, -0.2) is 29.2 Å². The van der Waals surface area contributed by atoms with Crippen molar-refractivity contribution in [2.45, 2.75) is 77.7 Å². The Morgan fingerprint density at radius 2 is 1.92 bits per heavy atom. The third-order valence-electron chi connectivity index (χ3n) is 4.21. The molecule has 1 aromatic rings. The summed E-state index contributed by atoms with van der Waals surface area (Å²) < 4.78 is 35.3. The minimum atomic E-state index is -2.88. The number of benzene rings is 1. The van der Waals surface area contributed by atoms with Gasteiger partial charge in [-0.2, -0.15) is 8.78 Å². The third-order valence-corrected chi connectivity index (χ3v) is 4.83. The molecular weight excluding hydrogens is 408 g/mol. The Morgan fingerprint density at radius 1 is 1.27 bits per heavy atom. The van der Waals surface area contributed by atoms with Gasteiger partial charge >= 0.3 is 12.7 Å². The Hall–Kier alpha value is -1.37. The molecule has 0 N–H and O–H groups in total. The number of amides is 1. The lowest BCUT2D eigenvalue weighted by atomic mass is 9.94. The van der Waals surface area contributed by atoms with Crippen LogP contribution >= 0.6 is 15.9 Å². The first-order valence-electron chi connectivity index (χ1n) is 8.88. The predicted octanol–water partition coefficient (Wildman–Crippen LogP) is 6.12. The van der Waals surface area contributed by atoms with Crippen molar-refractivity contribution in [2.75, 3.05) is 0 Å². The molecule has 0 heterocycles. The standard InChI is InChI=1S/C19H26BrF2NO3/c1-19(2,3)26-18(24)23(14-7-5-4-6-8-14)12-13-9-10-16(15(20)11-13)25-17(21)22/h9-11,14,17H,4-8,12H2,1-3H3. The highest BCUT2D eigenvalue weighted by Gasteiger charge is 2.29. The van der Waals surface area contributed by atoms with Gasteiger partial charge in [0.15, 0.2) is 0 Å². The Kier molecular flexibility index (Phi) is 7.26. The van der Waals surface area contributed by atoms with Crippen LogP contribution in [0.1, 0.15) is 58.4 Å². The summed E-state index contributed by atoms with van der Waals surface area (Å²) in [4.78, 5) is 14.5. The molecule has 0 saturated heterocycles. The van der Waals surface area contributed by atoms with Crippen molar-refractivity contribution in [2.24, 2.45) is 0 Å². The van der Waals surface area contributed by atoms with Gasteiger partial charge in [-0.15, -0.1) is 0 Å². The molecule has 4 nitrogen and oxygen atoms in total. The normalized spacial score (nSPS) is 15.8. The van der Waals surface area contributed by atoms with Crippen LogP contribution in [0.5, 0.6) is 5.75 Å². The van der Waals surface area contributed by atoms with E-state index in [9.17, 15) is 13.6 Å². The van der Waals surface area contributed by atoms with E-state index in [2.05, 4.69) is 20.7 Å². The summed E-state index contributed by atoms with van der Waals surface area (Å²) in [6, 6.07) is 5.02. The van der Waals surface area contributed by atoms with Gasteiger partial charge < -0.3 is 14.4 Å². The fourth-order valence-corrected chi connectivity index (χ4v) is 3.61. The molecule has 0 aliphatic heterocycles. The van der Waals surface area contributed by atoms with E-state index in [0.717, 1.165) is 31.2 Å². The lowest BCUT2D eigenvalue weighted by molar-refractivity contribution is -0.0503. The number of ether oxygens (including phenoxy) is 2. The topological polar surface area (TPSA) is 38.8 Å². The van der Waals surface area contributed by atoms with E-state index in [1.54, 1.807) is 17.0 Å². The predicted molar refractivity (Wildman–Crippen MR) is 99.4 cm³/mol. The smallest absolute Gasteiger partial charge is 0.410 e. The van der Waals surface area contributed by atoms with Crippen LogP contribution in [0.15, 0.2) is 22.7 Å². The van der Waals surface area contributed by atoms with Gasteiger partial charge in [-0.3, -0.25) is 0 Å². The summed E-state index contributed by atoms with van der Waals surface area (Å²) in [5.41, 5.74) is 0.259. The van der Waals surface area contributed by atoms with Crippen molar-refractivity contribution in [3.05, 3.63) is 28.2 Å². The minimum Gasteiger partial charge on any atom is -0.444 e. The molecule has 2 rings (SSSR count). The third kappa shape index (κ3) is 6.41. The molecule has 1 aliphatic rings. The van der Waals surface area contributed by atoms with Gasteiger partial charge in [-0.1, -0.05) is 25.3 Å². The maximum Gasteiger partial charge on any atom is 0.410 e. The minimum absolute atomic E-state index is 0.0743. The van der Waals surface area contributed by atoms with Crippen molar-refractivity contribution in [1.82, 2.24) is 4.90 Å². The molecule has 0 radical (unpaired) electrons. The second kappa shape index (κ2) is 9.02. The Balaban J connectivity index is 2.17. The average molecular weight is 434 g/mol. The lowest BCUT2D eigenvalue weighted by Crippen LogP contribution is -2.43. The zero-order valence-electron chi connectivity index (χ0n) is 15.4. The van der Waals surface area contributed by atoms with E-state index in [4.69, 9.17) is 4.74 Å². The molecule has 0 bridgehead atoms. The second-order valence-electron chi connectivity index (χ2n) is 7.54. The zero-order valence-corrected chi connectivity index (χ0v) is 17.0. The molecule has 7 heteroatoms. The summed E-state index contributed by atoms with van der Waals surface area (Å²) in [5.74, 6) is 0.0743. The second-order valence-corrected chi connectivity index (χ2v) is 8.40. The fraction of sp³-hybridized carbons (Fsp3) is 0.632. The molecule has 0 spiro atoms. The van der Waals surface area contributed by atoms with Gasteiger partial charge in [-0.05, 0) is 67.2 Å². The quantitative estimate of drug-likeness (QED) is 0.561. The molecule has 1 aromatic carbocycles. The number of carbonyl (C=O) groups excluding carboxylic acids is 1. The van der Waals surface area contributed by atoms with Crippen molar-refractivity contribution < 1.29 is 23.0 Å². The van der Waals surface area contributed by atoms with Crippen molar-refractivity contribution in [3.8, 4) is 5.75 Å². The molecule has 1 amide bonds. The number of carbonyl (C=O) groups is 1. The first-order valence-corrected chi connectivity index (χ1v) is 9.68. The maximum atomic E-state index is 12.7. The van der Waals surface area contributed by atoms with Crippen LogP contribution in [0.25, 0.3) is 0 Å². The fourth-order valence-electron chi connectivity index (χ4n) is 3.09. The van der Waals surface area contributed by atoms with Crippen molar-refractivity contribution in [1.29, 1.82) is 0 Å². The van der Waals surface area contributed by atoms with Crippen LogP contribution in [-0.2, 0) is 11.3 Å². The Morgan fingerprint density at radius 3 is 2.46 bits per heavy atom. The van der Waals surface area contributed by atoms with E-state index >= 15 is 0 Å².